The van der Waals surface area contributed by atoms with Crippen molar-refractivity contribution in [1.82, 2.24) is 10.3 Å². The Morgan fingerprint density at radius 2 is 2.13 bits per heavy atom. The summed E-state index contributed by atoms with van der Waals surface area (Å²) in [6.07, 6.45) is 0. The molecule has 0 fully saturated rings. The Balaban J connectivity index is 2.05. The van der Waals surface area contributed by atoms with Gasteiger partial charge in [0.1, 0.15) is 5.69 Å². The molecule has 122 valence electrons. The van der Waals surface area contributed by atoms with Crippen molar-refractivity contribution in [2.24, 2.45) is 0 Å². The molecule has 1 atom stereocenters. The first kappa shape index (κ1) is 16.9. The Labute approximate surface area is 136 Å². The summed E-state index contributed by atoms with van der Waals surface area (Å²) in [5.41, 5.74) is 0.800. The highest BCUT2D eigenvalue weighted by Gasteiger charge is 2.16. The van der Waals surface area contributed by atoms with E-state index in [-0.39, 0.29) is 17.4 Å². The normalized spacial score (nSPS) is 11.7. The van der Waals surface area contributed by atoms with Crippen molar-refractivity contribution < 1.29 is 18.7 Å². The predicted octanol–water partition coefficient (Wildman–Crippen LogP) is 2.74. The molecule has 0 saturated carbocycles. The van der Waals surface area contributed by atoms with Crippen LogP contribution in [-0.4, -0.2) is 23.9 Å². The average Bonchev–Trinajstić information content (AvgIpc) is 2.94. The van der Waals surface area contributed by atoms with Crippen LogP contribution in [-0.2, 0) is 4.79 Å². The van der Waals surface area contributed by atoms with E-state index in [0.717, 1.165) is 11.3 Å². The Bertz CT molecular complexity index is 733. The molecule has 2 N–H and O–H groups in total. The highest BCUT2D eigenvalue weighted by molar-refractivity contribution is 7.14. The van der Waals surface area contributed by atoms with Crippen LogP contribution in [0.1, 0.15) is 35.9 Å². The van der Waals surface area contributed by atoms with E-state index in [1.807, 2.05) is 0 Å². The SMILES string of the molecule is COc1ccc([C@H](C)NC(=O)c2csc(NC(C)=O)n2)cc1F. The van der Waals surface area contributed by atoms with E-state index in [9.17, 15) is 14.0 Å². The van der Waals surface area contributed by atoms with Crippen molar-refractivity contribution in [3.8, 4) is 5.75 Å². The molecule has 0 aliphatic carbocycles. The minimum Gasteiger partial charge on any atom is -0.494 e. The lowest BCUT2D eigenvalue weighted by Gasteiger charge is -2.14. The number of carbonyl (C=O) groups excluding carboxylic acids is 2. The summed E-state index contributed by atoms with van der Waals surface area (Å²) >= 11 is 1.16. The van der Waals surface area contributed by atoms with Gasteiger partial charge in [-0.2, -0.15) is 0 Å². The number of aromatic nitrogens is 1. The third-order valence-electron chi connectivity index (χ3n) is 3.04. The molecule has 2 amide bonds. The lowest BCUT2D eigenvalue weighted by molar-refractivity contribution is -0.114. The molecule has 0 radical (unpaired) electrons. The molecule has 0 aliphatic heterocycles. The minimum absolute atomic E-state index is 0.145. The molecule has 1 heterocycles. The van der Waals surface area contributed by atoms with Gasteiger partial charge in [0, 0.05) is 12.3 Å². The fraction of sp³-hybridized carbons (Fsp3) is 0.267. The fourth-order valence-corrected chi connectivity index (χ4v) is 2.63. The minimum atomic E-state index is -0.493. The number of carbonyl (C=O) groups is 2. The summed E-state index contributed by atoms with van der Waals surface area (Å²) in [7, 11) is 1.39. The number of nitrogens with zero attached hydrogens (tertiary/aromatic N) is 1. The molecule has 0 aliphatic rings. The molecule has 6 nitrogen and oxygen atoms in total. The number of amides is 2. The number of anilines is 1. The highest BCUT2D eigenvalue weighted by Crippen LogP contribution is 2.22. The first-order valence-corrected chi connectivity index (χ1v) is 7.66. The maximum Gasteiger partial charge on any atom is 0.271 e. The van der Waals surface area contributed by atoms with Crippen molar-refractivity contribution in [2.45, 2.75) is 19.9 Å². The third-order valence-corrected chi connectivity index (χ3v) is 3.80. The number of thiazole rings is 1. The molecule has 8 heteroatoms. The lowest BCUT2D eigenvalue weighted by Crippen LogP contribution is -2.27. The van der Waals surface area contributed by atoms with Gasteiger partial charge in [-0.25, -0.2) is 9.37 Å². The van der Waals surface area contributed by atoms with Gasteiger partial charge in [0.2, 0.25) is 5.91 Å². The zero-order chi connectivity index (χ0) is 17.0. The van der Waals surface area contributed by atoms with Crippen molar-refractivity contribution in [2.75, 3.05) is 12.4 Å². The largest absolute Gasteiger partial charge is 0.494 e. The lowest BCUT2D eigenvalue weighted by atomic mass is 10.1. The Hall–Kier alpha value is -2.48. The molecule has 0 bridgehead atoms. The number of rotatable bonds is 5. The van der Waals surface area contributed by atoms with Crippen LogP contribution in [0.3, 0.4) is 0 Å². The van der Waals surface area contributed by atoms with Crippen LogP contribution in [0.5, 0.6) is 5.75 Å². The second-order valence-corrected chi connectivity index (χ2v) is 5.67. The smallest absolute Gasteiger partial charge is 0.271 e. The topological polar surface area (TPSA) is 80.3 Å². The number of methoxy groups -OCH3 is 1. The first-order valence-electron chi connectivity index (χ1n) is 6.78. The van der Waals surface area contributed by atoms with Gasteiger partial charge in [0.25, 0.3) is 5.91 Å². The van der Waals surface area contributed by atoms with Crippen molar-refractivity contribution in [3.05, 3.63) is 40.7 Å². The second kappa shape index (κ2) is 7.19. The molecule has 23 heavy (non-hydrogen) atoms. The summed E-state index contributed by atoms with van der Waals surface area (Å²) in [6, 6.07) is 4.09. The molecule has 2 aromatic rings. The Morgan fingerprint density at radius 1 is 1.39 bits per heavy atom. The Kier molecular flexibility index (Phi) is 5.28. The van der Waals surface area contributed by atoms with Crippen LogP contribution in [0, 0.1) is 5.82 Å². The van der Waals surface area contributed by atoms with Crippen LogP contribution in [0.4, 0.5) is 9.52 Å². The van der Waals surface area contributed by atoms with E-state index in [1.165, 1.54) is 26.2 Å². The Morgan fingerprint density at radius 3 is 2.74 bits per heavy atom. The predicted molar refractivity (Wildman–Crippen MR) is 85.3 cm³/mol. The van der Waals surface area contributed by atoms with Gasteiger partial charge in [-0.15, -0.1) is 11.3 Å². The van der Waals surface area contributed by atoms with E-state index in [1.54, 1.807) is 18.4 Å². The third kappa shape index (κ3) is 4.26. The first-order chi connectivity index (χ1) is 10.9. The van der Waals surface area contributed by atoms with Crippen molar-refractivity contribution in [1.29, 1.82) is 0 Å². The van der Waals surface area contributed by atoms with Gasteiger partial charge < -0.3 is 15.4 Å². The van der Waals surface area contributed by atoms with Crippen LogP contribution in [0.25, 0.3) is 0 Å². The highest BCUT2D eigenvalue weighted by atomic mass is 32.1. The average molecular weight is 337 g/mol. The number of hydrogen-bond acceptors (Lipinski definition) is 5. The van der Waals surface area contributed by atoms with Crippen LogP contribution >= 0.6 is 11.3 Å². The summed E-state index contributed by atoms with van der Waals surface area (Å²) in [5.74, 6) is -1.01. The molecule has 0 spiro atoms. The van der Waals surface area contributed by atoms with Gasteiger partial charge in [-0.1, -0.05) is 6.07 Å². The van der Waals surface area contributed by atoms with Gasteiger partial charge >= 0.3 is 0 Å². The van der Waals surface area contributed by atoms with Crippen LogP contribution < -0.4 is 15.4 Å². The standard InChI is InChI=1S/C15H16FN3O3S/c1-8(10-4-5-13(22-3)11(16)6-10)17-14(21)12-7-23-15(19-12)18-9(2)20/h4-8H,1-3H3,(H,17,21)(H,18,19,20)/t8-/m0/s1. The van der Waals surface area contributed by atoms with E-state index < -0.39 is 17.8 Å². The van der Waals surface area contributed by atoms with Gasteiger partial charge in [0.05, 0.1) is 13.2 Å². The van der Waals surface area contributed by atoms with E-state index in [4.69, 9.17) is 4.74 Å². The van der Waals surface area contributed by atoms with Crippen LogP contribution in [0.15, 0.2) is 23.6 Å². The molecule has 0 saturated heterocycles. The van der Waals surface area contributed by atoms with E-state index in [0.29, 0.717) is 10.7 Å². The summed E-state index contributed by atoms with van der Waals surface area (Å²) < 4.78 is 18.6. The molecule has 1 aromatic carbocycles. The molecule has 1 aromatic heterocycles. The fourth-order valence-electron chi connectivity index (χ4n) is 1.89. The summed E-state index contributed by atoms with van der Waals surface area (Å²) in [6.45, 7) is 3.10. The van der Waals surface area contributed by atoms with Crippen LogP contribution in [0.2, 0.25) is 0 Å². The van der Waals surface area contributed by atoms with Gasteiger partial charge in [0.15, 0.2) is 16.7 Å². The molecular weight excluding hydrogens is 321 g/mol. The number of nitrogens with one attached hydrogen (secondary N) is 2. The van der Waals surface area contributed by atoms with Crippen molar-refractivity contribution in [3.63, 3.8) is 0 Å². The number of halogens is 1. The van der Waals surface area contributed by atoms with Gasteiger partial charge in [-0.05, 0) is 24.6 Å². The maximum absolute atomic E-state index is 13.7. The number of ether oxygens (including phenoxy) is 1. The quantitative estimate of drug-likeness (QED) is 0.879. The molecule has 2 rings (SSSR count). The van der Waals surface area contributed by atoms with E-state index >= 15 is 0 Å². The number of benzene rings is 1. The summed E-state index contributed by atoms with van der Waals surface area (Å²) in [5, 5.41) is 7.14. The zero-order valence-corrected chi connectivity index (χ0v) is 13.7. The van der Waals surface area contributed by atoms with E-state index in [2.05, 4.69) is 15.6 Å². The number of hydrogen-bond donors (Lipinski definition) is 2. The molecular formula is C15H16FN3O3S. The van der Waals surface area contributed by atoms with Crippen molar-refractivity contribution >= 4 is 28.3 Å². The monoisotopic (exact) mass is 337 g/mol. The summed E-state index contributed by atoms with van der Waals surface area (Å²) in [4.78, 5) is 27.1. The van der Waals surface area contributed by atoms with Gasteiger partial charge in [-0.3, -0.25) is 9.59 Å². The second-order valence-electron chi connectivity index (χ2n) is 4.81. The zero-order valence-electron chi connectivity index (χ0n) is 12.8. The molecule has 0 unspecified atom stereocenters. The maximum atomic E-state index is 13.7.